The van der Waals surface area contributed by atoms with Gasteiger partial charge < -0.3 is 5.32 Å². The molecule has 1 N–H and O–H groups in total. The van der Waals surface area contributed by atoms with Crippen molar-refractivity contribution in [3.8, 4) is 0 Å². The van der Waals surface area contributed by atoms with E-state index in [4.69, 9.17) is 11.6 Å². The second-order valence-electron chi connectivity index (χ2n) is 4.62. The summed E-state index contributed by atoms with van der Waals surface area (Å²) in [4.78, 5) is 11.7. The predicted octanol–water partition coefficient (Wildman–Crippen LogP) is 3.01. The molecule has 2 rings (SSSR count). The quantitative estimate of drug-likeness (QED) is 0.866. The van der Waals surface area contributed by atoms with Crippen molar-refractivity contribution in [2.75, 3.05) is 6.54 Å². The summed E-state index contributed by atoms with van der Waals surface area (Å²) in [5.41, 5.74) is 0.224. The first kappa shape index (κ1) is 11.4. The minimum atomic E-state index is -0.539. The van der Waals surface area contributed by atoms with Gasteiger partial charge in [0.15, 0.2) is 0 Å². The van der Waals surface area contributed by atoms with E-state index in [0.717, 1.165) is 12.8 Å². The van der Waals surface area contributed by atoms with E-state index in [1.165, 1.54) is 18.2 Å². The number of nitrogens with one attached hydrogen (secondary N) is 1. The molecule has 0 atom stereocenters. The smallest absolute Gasteiger partial charge is 0.254 e. The minimum Gasteiger partial charge on any atom is -0.351 e. The zero-order valence-corrected chi connectivity index (χ0v) is 9.77. The average Bonchev–Trinajstić information content (AvgIpc) is 2.97. The van der Waals surface area contributed by atoms with Crippen LogP contribution in [0.15, 0.2) is 18.2 Å². The molecule has 0 unspecified atom stereocenters. The van der Waals surface area contributed by atoms with Crippen molar-refractivity contribution < 1.29 is 9.18 Å². The highest BCUT2D eigenvalue weighted by Crippen LogP contribution is 2.44. The van der Waals surface area contributed by atoms with E-state index in [9.17, 15) is 9.18 Å². The van der Waals surface area contributed by atoms with Crippen LogP contribution >= 0.6 is 11.6 Å². The summed E-state index contributed by atoms with van der Waals surface area (Å²) in [6, 6.07) is 3.98. The van der Waals surface area contributed by atoms with Crippen LogP contribution in [-0.4, -0.2) is 12.5 Å². The van der Waals surface area contributed by atoms with Crippen LogP contribution in [0, 0.1) is 11.2 Å². The molecule has 0 aromatic heterocycles. The van der Waals surface area contributed by atoms with Crippen molar-refractivity contribution in [1.29, 1.82) is 0 Å². The van der Waals surface area contributed by atoms with Gasteiger partial charge in [-0.15, -0.1) is 0 Å². The van der Waals surface area contributed by atoms with Gasteiger partial charge in [0.05, 0.1) is 5.56 Å². The number of hydrogen-bond donors (Lipinski definition) is 1. The third kappa shape index (κ3) is 2.53. The summed E-state index contributed by atoms with van der Waals surface area (Å²) in [6.07, 6.45) is 2.23. The predicted molar refractivity (Wildman–Crippen MR) is 61.1 cm³/mol. The molecule has 86 valence electrons. The maximum Gasteiger partial charge on any atom is 0.254 e. The molecule has 0 radical (unpaired) electrons. The van der Waals surface area contributed by atoms with Crippen LogP contribution in [0.25, 0.3) is 0 Å². The Hall–Kier alpha value is -1.09. The third-order valence-corrected chi connectivity index (χ3v) is 3.19. The normalized spacial score (nSPS) is 16.9. The first-order valence-electron chi connectivity index (χ1n) is 5.23. The highest BCUT2D eigenvalue weighted by Gasteiger charge is 2.37. The number of benzene rings is 1. The first-order chi connectivity index (χ1) is 7.50. The number of rotatable bonds is 3. The lowest BCUT2D eigenvalue weighted by Crippen LogP contribution is -2.29. The molecule has 1 aromatic carbocycles. The molecule has 1 fully saturated rings. The molecule has 1 aromatic rings. The van der Waals surface area contributed by atoms with Gasteiger partial charge in [0.1, 0.15) is 5.82 Å². The number of halogens is 2. The van der Waals surface area contributed by atoms with Gasteiger partial charge in [-0.05, 0) is 36.5 Å². The Morgan fingerprint density at radius 1 is 1.56 bits per heavy atom. The lowest BCUT2D eigenvalue weighted by Gasteiger charge is -2.10. The van der Waals surface area contributed by atoms with E-state index in [2.05, 4.69) is 12.2 Å². The Balaban J connectivity index is 2.05. The largest absolute Gasteiger partial charge is 0.351 e. The van der Waals surface area contributed by atoms with E-state index in [0.29, 0.717) is 11.6 Å². The lowest BCUT2D eigenvalue weighted by molar-refractivity contribution is 0.0942. The van der Waals surface area contributed by atoms with Crippen LogP contribution < -0.4 is 5.32 Å². The van der Waals surface area contributed by atoms with Crippen molar-refractivity contribution in [3.05, 3.63) is 34.6 Å². The SMILES string of the molecule is CC1(CNC(=O)c2cc(Cl)ccc2F)CC1. The molecular weight excluding hydrogens is 229 g/mol. The fourth-order valence-corrected chi connectivity index (χ4v) is 1.62. The van der Waals surface area contributed by atoms with E-state index in [-0.39, 0.29) is 11.0 Å². The number of amides is 1. The molecule has 2 nitrogen and oxygen atoms in total. The molecule has 0 bridgehead atoms. The van der Waals surface area contributed by atoms with Crippen LogP contribution in [-0.2, 0) is 0 Å². The summed E-state index contributed by atoms with van der Waals surface area (Å²) in [5.74, 6) is -0.934. The number of hydrogen-bond acceptors (Lipinski definition) is 1. The first-order valence-corrected chi connectivity index (χ1v) is 5.61. The van der Waals surface area contributed by atoms with Crippen LogP contribution in [0.1, 0.15) is 30.1 Å². The number of carbonyl (C=O) groups excluding carboxylic acids is 1. The average molecular weight is 242 g/mol. The second kappa shape index (κ2) is 4.06. The van der Waals surface area contributed by atoms with Gasteiger partial charge in [-0.3, -0.25) is 4.79 Å². The monoisotopic (exact) mass is 241 g/mol. The molecule has 1 aliphatic carbocycles. The van der Waals surface area contributed by atoms with Crippen molar-refractivity contribution >= 4 is 17.5 Å². The topological polar surface area (TPSA) is 29.1 Å². The van der Waals surface area contributed by atoms with Crippen molar-refractivity contribution in [2.45, 2.75) is 19.8 Å². The summed E-state index contributed by atoms with van der Waals surface area (Å²) in [7, 11) is 0. The van der Waals surface area contributed by atoms with Gasteiger partial charge in [0.25, 0.3) is 5.91 Å². The fourth-order valence-electron chi connectivity index (χ4n) is 1.45. The van der Waals surface area contributed by atoms with E-state index in [1.54, 1.807) is 0 Å². The Labute approximate surface area is 98.8 Å². The van der Waals surface area contributed by atoms with Crippen LogP contribution in [0.2, 0.25) is 5.02 Å². The van der Waals surface area contributed by atoms with Gasteiger partial charge >= 0.3 is 0 Å². The molecule has 4 heteroatoms. The van der Waals surface area contributed by atoms with Crippen LogP contribution in [0.3, 0.4) is 0 Å². The Kier molecular flexibility index (Phi) is 2.89. The Bertz CT molecular complexity index is 429. The summed E-state index contributed by atoms with van der Waals surface area (Å²) in [5, 5.41) is 3.10. The maximum atomic E-state index is 13.3. The molecule has 1 aliphatic rings. The van der Waals surface area contributed by atoms with E-state index >= 15 is 0 Å². The lowest BCUT2D eigenvalue weighted by atomic mass is 10.1. The van der Waals surface area contributed by atoms with Crippen molar-refractivity contribution in [2.24, 2.45) is 5.41 Å². The van der Waals surface area contributed by atoms with Gasteiger partial charge in [-0.1, -0.05) is 18.5 Å². The van der Waals surface area contributed by atoms with Crippen molar-refractivity contribution in [3.63, 3.8) is 0 Å². The minimum absolute atomic E-state index is 0.0109. The van der Waals surface area contributed by atoms with Crippen LogP contribution in [0.5, 0.6) is 0 Å². The van der Waals surface area contributed by atoms with Crippen LogP contribution in [0.4, 0.5) is 4.39 Å². The standard InChI is InChI=1S/C12H13ClFNO/c1-12(4-5-12)7-15-11(16)9-6-8(13)2-3-10(9)14/h2-3,6H,4-5,7H2,1H3,(H,15,16). The molecule has 0 saturated heterocycles. The third-order valence-electron chi connectivity index (χ3n) is 2.95. The fraction of sp³-hybridized carbons (Fsp3) is 0.417. The molecule has 1 saturated carbocycles. The van der Waals surface area contributed by atoms with E-state index in [1.807, 2.05) is 0 Å². The van der Waals surface area contributed by atoms with E-state index < -0.39 is 11.7 Å². The molecule has 0 heterocycles. The molecule has 1 amide bonds. The molecule has 16 heavy (non-hydrogen) atoms. The summed E-state index contributed by atoms with van der Waals surface area (Å²) < 4.78 is 13.3. The van der Waals surface area contributed by atoms with Gasteiger partial charge in [0.2, 0.25) is 0 Å². The van der Waals surface area contributed by atoms with Gasteiger partial charge in [-0.2, -0.15) is 0 Å². The number of carbonyl (C=O) groups is 1. The summed E-state index contributed by atoms with van der Waals surface area (Å²) in [6.45, 7) is 2.69. The Morgan fingerprint density at radius 2 is 2.25 bits per heavy atom. The maximum absolute atomic E-state index is 13.3. The Morgan fingerprint density at radius 3 is 2.88 bits per heavy atom. The highest BCUT2D eigenvalue weighted by atomic mass is 35.5. The molecule has 0 aliphatic heterocycles. The second-order valence-corrected chi connectivity index (χ2v) is 5.05. The van der Waals surface area contributed by atoms with Gasteiger partial charge in [-0.25, -0.2) is 4.39 Å². The molecule has 0 spiro atoms. The summed E-state index contributed by atoms with van der Waals surface area (Å²) >= 11 is 5.72. The zero-order chi connectivity index (χ0) is 11.8. The highest BCUT2D eigenvalue weighted by molar-refractivity contribution is 6.30. The van der Waals surface area contributed by atoms with Gasteiger partial charge in [0, 0.05) is 11.6 Å². The zero-order valence-electron chi connectivity index (χ0n) is 9.02. The molecular formula is C12H13ClFNO. The van der Waals surface area contributed by atoms with Crippen molar-refractivity contribution in [1.82, 2.24) is 5.32 Å².